The summed E-state index contributed by atoms with van der Waals surface area (Å²) in [6.07, 6.45) is -3.03. The number of piperazine rings is 1. The Morgan fingerprint density at radius 1 is 0.913 bits per heavy atom. The maximum Gasteiger partial charge on any atom is 0.406 e. The van der Waals surface area contributed by atoms with Gasteiger partial charge in [-0.1, -0.05) is 0 Å². The van der Waals surface area contributed by atoms with Gasteiger partial charge >= 0.3 is 12.2 Å². The minimum atomic E-state index is -4.41. The van der Waals surface area contributed by atoms with Gasteiger partial charge in [-0.3, -0.25) is 4.79 Å². The van der Waals surface area contributed by atoms with Crippen LogP contribution in [0.15, 0.2) is 60.8 Å². The molecule has 0 aliphatic carbocycles. The summed E-state index contributed by atoms with van der Waals surface area (Å²) in [4.78, 5) is 41.0. The monoisotopic (exact) mass is 636 g/mol. The van der Waals surface area contributed by atoms with E-state index in [1.54, 1.807) is 54.6 Å². The van der Waals surface area contributed by atoms with Crippen molar-refractivity contribution in [3.8, 4) is 11.4 Å². The number of carbonyl (C=O) groups is 2. The number of anilines is 3. The molecule has 2 aromatic carbocycles. The van der Waals surface area contributed by atoms with Crippen LogP contribution in [0.1, 0.15) is 17.3 Å². The van der Waals surface area contributed by atoms with Gasteiger partial charge in [0.05, 0.1) is 18.6 Å². The van der Waals surface area contributed by atoms with Crippen molar-refractivity contribution in [1.29, 1.82) is 0 Å². The van der Waals surface area contributed by atoms with Crippen molar-refractivity contribution in [3.63, 3.8) is 0 Å². The van der Waals surface area contributed by atoms with Crippen molar-refractivity contribution in [1.82, 2.24) is 24.3 Å². The van der Waals surface area contributed by atoms with E-state index in [4.69, 9.17) is 9.72 Å². The molecule has 6 rings (SSSR count). The Balaban J connectivity index is 1.14. The second-order valence-corrected chi connectivity index (χ2v) is 11.6. The molecule has 0 bridgehead atoms. The summed E-state index contributed by atoms with van der Waals surface area (Å²) in [5, 5.41) is 6.07. The van der Waals surface area contributed by atoms with Crippen molar-refractivity contribution < 1.29 is 27.5 Å². The summed E-state index contributed by atoms with van der Waals surface area (Å²) in [5.74, 6) is 0.786. The van der Waals surface area contributed by atoms with E-state index in [0.29, 0.717) is 73.1 Å². The van der Waals surface area contributed by atoms with E-state index in [1.165, 1.54) is 6.20 Å². The average Bonchev–Trinajstić information content (AvgIpc) is 3.43. The number of fused-ring (bicyclic) bond motifs is 1. The fraction of sp³-hybridized carbons (Fsp3) is 0.375. The minimum absolute atomic E-state index is 0.0372. The van der Waals surface area contributed by atoms with Gasteiger partial charge in [-0.05, 0) is 68.6 Å². The number of hydrogen-bond donors (Lipinski definition) is 2. The van der Waals surface area contributed by atoms with E-state index in [2.05, 4.69) is 27.4 Å². The van der Waals surface area contributed by atoms with Gasteiger partial charge < -0.3 is 34.6 Å². The van der Waals surface area contributed by atoms with E-state index in [1.807, 2.05) is 16.8 Å². The molecule has 1 atom stereocenters. The number of nitrogens with zero attached hydrogens (tertiary/aromatic N) is 6. The quantitative estimate of drug-likeness (QED) is 0.310. The van der Waals surface area contributed by atoms with Crippen LogP contribution in [0.3, 0.4) is 0 Å². The predicted molar refractivity (Wildman–Crippen MR) is 169 cm³/mol. The first kappa shape index (κ1) is 31.3. The molecule has 2 aromatic heterocycles. The topological polar surface area (TPSA) is 108 Å². The van der Waals surface area contributed by atoms with E-state index in [-0.39, 0.29) is 23.4 Å². The zero-order chi connectivity index (χ0) is 32.4. The van der Waals surface area contributed by atoms with Crippen LogP contribution < -0.4 is 15.5 Å². The number of alkyl halides is 3. The third-order valence-electron chi connectivity index (χ3n) is 8.30. The first-order valence-electron chi connectivity index (χ1n) is 15.1. The molecule has 0 unspecified atom stereocenters. The van der Waals surface area contributed by atoms with Crippen molar-refractivity contribution >= 4 is 40.2 Å². The molecule has 11 nitrogen and oxygen atoms in total. The number of nitrogens with one attached hydrogen (secondary N) is 2. The lowest BCUT2D eigenvalue weighted by Crippen LogP contribution is -2.52. The van der Waals surface area contributed by atoms with Gasteiger partial charge in [0.1, 0.15) is 18.0 Å². The Labute approximate surface area is 263 Å². The van der Waals surface area contributed by atoms with E-state index < -0.39 is 18.8 Å². The summed E-state index contributed by atoms with van der Waals surface area (Å²) in [6, 6.07) is 14.9. The molecule has 14 heteroatoms. The summed E-state index contributed by atoms with van der Waals surface area (Å²) in [7, 11) is 2.05. The Hall–Kier alpha value is -4.69. The molecule has 2 aliphatic rings. The zero-order valence-electron chi connectivity index (χ0n) is 25.5. The van der Waals surface area contributed by atoms with E-state index in [9.17, 15) is 22.8 Å². The molecule has 2 aliphatic heterocycles. The number of morpholine rings is 1. The van der Waals surface area contributed by atoms with Gasteiger partial charge in [0.15, 0.2) is 5.82 Å². The van der Waals surface area contributed by atoms with Gasteiger partial charge in [-0.25, -0.2) is 14.8 Å². The largest absolute Gasteiger partial charge is 0.406 e. The van der Waals surface area contributed by atoms with Crippen LogP contribution in [0.4, 0.5) is 35.2 Å². The smallest absolute Gasteiger partial charge is 0.378 e. The van der Waals surface area contributed by atoms with Crippen LogP contribution >= 0.6 is 0 Å². The first-order valence-corrected chi connectivity index (χ1v) is 15.1. The molecule has 3 amide bonds. The molecular formula is C32H35F3N8O3. The number of amides is 3. The highest BCUT2D eigenvalue weighted by Gasteiger charge is 2.30. The molecule has 0 radical (unpaired) electrons. The van der Waals surface area contributed by atoms with Gasteiger partial charge in [0.2, 0.25) is 0 Å². The van der Waals surface area contributed by atoms with Crippen molar-refractivity contribution in [2.75, 3.05) is 68.5 Å². The number of halogens is 3. The number of urea groups is 1. The number of rotatable bonds is 6. The van der Waals surface area contributed by atoms with Crippen LogP contribution in [-0.4, -0.2) is 101 Å². The number of benzene rings is 2. The van der Waals surface area contributed by atoms with Crippen molar-refractivity contribution in [2.24, 2.45) is 0 Å². The van der Waals surface area contributed by atoms with Crippen LogP contribution in [0.25, 0.3) is 22.4 Å². The summed E-state index contributed by atoms with van der Waals surface area (Å²) in [5.41, 5.74) is 2.35. The van der Waals surface area contributed by atoms with Crippen LogP contribution in [0, 0.1) is 0 Å². The van der Waals surface area contributed by atoms with Gasteiger partial charge in [0, 0.05) is 67.5 Å². The van der Waals surface area contributed by atoms with E-state index >= 15 is 0 Å². The minimum Gasteiger partial charge on any atom is -0.378 e. The molecule has 2 saturated heterocycles. The second kappa shape index (κ2) is 13.0. The second-order valence-electron chi connectivity index (χ2n) is 11.6. The maximum atomic E-state index is 13.3. The highest BCUT2D eigenvalue weighted by Crippen LogP contribution is 2.31. The van der Waals surface area contributed by atoms with E-state index in [0.717, 1.165) is 11.1 Å². The lowest BCUT2D eigenvalue weighted by molar-refractivity contribution is -0.139. The number of ether oxygens (including phenoxy) is 1. The predicted octanol–water partition coefficient (Wildman–Crippen LogP) is 4.92. The molecule has 2 N–H and O–H groups in total. The fourth-order valence-electron chi connectivity index (χ4n) is 5.62. The van der Waals surface area contributed by atoms with Gasteiger partial charge in [-0.15, -0.1) is 0 Å². The number of likely N-dealkylation sites (N-methyl/N-ethyl adjacent to an activating group) is 1. The Bertz CT molecular complexity index is 1700. The highest BCUT2D eigenvalue weighted by molar-refractivity contribution is 6.00. The average molecular weight is 637 g/mol. The molecular weight excluding hydrogens is 601 g/mol. The molecule has 4 aromatic rings. The normalized spacial score (nSPS) is 17.7. The van der Waals surface area contributed by atoms with Crippen molar-refractivity contribution in [2.45, 2.75) is 25.7 Å². The molecule has 4 heterocycles. The van der Waals surface area contributed by atoms with Crippen molar-refractivity contribution in [3.05, 3.63) is 66.4 Å². The number of hydrogen-bond acceptors (Lipinski definition) is 7. The maximum absolute atomic E-state index is 13.3. The first-order chi connectivity index (χ1) is 22.0. The lowest BCUT2D eigenvalue weighted by Gasteiger charge is -2.37. The third kappa shape index (κ3) is 7.07. The Morgan fingerprint density at radius 3 is 2.20 bits per heavy atom. The standard InChI is InChI=1S/C32H35F3N8O3/c1-21-19-42(14-13-40(21)2)30(44)23-5-9-25(10-6-23)37-31(45)36-24-7-3-22(4-8-24)27-38-28(41-15-17-46-18-16-41)26-11-12-43(29(26)39-27)20-32(33,34)35/h3-12,21H,13-20H2,1-2H3,(H2,36,37,45)/t21-/m1/s1. The molecule has 242 valence electrons. The van der Waals surface area contributed by atoms with Gasteiger partial charge in [-0.2, -0.15) is 13.2 Å². The summed E-state index contributed by atoms with van der Waals surface area (Å²) >= 11 is 0. The summed E-state index contributed by atoms with van der Waals surface area (Å²) in [6.45, 7) is 5.18. The third-order valence-corrected chi connectivity index (χ3v) is 8.30. The number of carbonyl (C=O) groups excluding carboxylic acids is 2. The molecule has 0 saturated carbocycles. The Kier molecular flexibility index (Phi) is 8.82. The van der Waals surface area contributed by atoms with Crippen LogP contribution in [-0.2, 0) is 11.3 Å². The van der Waals surface area contributed by atoms with Gasteiger partial charge in [0.25, 0.3) is 5.91 Å². The van der Waals surface area contributed by atoms with Crippen LogP contribution in [0.5, 0.6) is 0 Å². The summed E-state index contributed by atoms with van der Waals surface area (Å²) < 4.78 is 46.5. The molecule has 2 fully saturated rings. The van der Waals surface area contributed by atoms with Crippen LogP contribution in [0.2, 0.25) is 0 Å². The highest BCUT2D eigenvalue weighted by atomic mass is 19.4. The number of aromatic nitrogens is 3. The lowest BCUT2D eigenvalue weighted by atomic mass is 10.1. The Morgan fingerprint density at radius 2 is 1.57 bits per heavy atom. The fourth-order valence-corrected chi connectivity index (χ4v) is 5.62. The zero-order valence-corrected chi connectivity index (χ0v) is 25.5. The molecule has 46 heavy (non-hydrogen) atoms. The SMILES string of the molecule is C[C@@H]1CN(C(=O)c2ccc(NC(=O)Nc3ccc(-c4nc(N5CCOCC5)c5ccn(CC(F)(F)F)c5n4)cc3)cc2)CCN1C. The molecule has 0 spiro atoms.